The number of rotatable bonds is 8. The first-order valence-electron chi connectivity index (χ1n) is 16.4. The Labute approximate surface area is 322 Å². The molecule has 3 aromatic carbocycles. The van der Waals surface area contributed by atoms with Crippen LogP contribution < -0.4 is 14.2 Å². The summed E-state index contributed by atoms with van der Waals surface area (Å²) in [5.41, 5.74) is 0.517. The maximum Gasteiger partial charge on any atom is 0.522 e. The van der Waals surface area contributed by atoms with E-state index < -0.39 is 47.6 Å². The van der Waals surface area contributed by atoms with E-state index in [1.54, 1.807) is 45.0 Å². The number of carbonyl (C=O) groups excluding carboxylic acids is 7. The summed E-state index contributed by atoms with van der Waals surface area (Å²) < 4.78 is 30.0. The van der Waals surface area contributed by atoms with Crippen molar-refractivity contribution in [3.8, 4) is 40.9 Å². The fourth-order valence-corrected chi connectivity index (χ4v) is 3.74. The first-order valence-corrected chi connectivity index (χ1v) is 16.4. The van der Waals surface area contributed by atoms with E-state index in [1.807, 2.05) is 0 Å². The van der Waals surface area contributed by atoms with Crippen LogP contribution in [0.2, 0.25) is 0 Å². The van der Waals surface area contributed by atoms with Gasteiger partial charge in [-0.2, -0.15) is 0 Å². The average Bonchev–Trinajstić information content (AvgIpc) is 3.10. The minimum atomic E-state index is -1.44. The van der Waals surface area contributed by atoms with Gasteiger partial charge in [-0.25, -0.2) is 24.0 Å². The molecule has 0 aliphatic rings. The Kier molecular flexibility index (Phi) is 14.6. The van der Waals surface area contributed by atoms with Gasteiger partial charge in [-0.3, -0.25) is 9.59 Å². The highest BCUT2D eigenvalue weighted by atomic mass is 16.7. The van der Waals surface area contributed by atoms with E-state index in [0.29, 0.717) is 16.7 Å². The second-order valence-corrected chi connectivity index (χ2v) is 13.0. The van der Waals surface area contributed by atoms with Crippen molar-refractivity contribution < 1.29 is 62.0 Å². The fraction of sp³-hybridized carbons (Fsp3) is 0.186. The summed E-state index contributed by atoms with van der Waals surface area (Å²) in [5, 5.41) is 0. The van der Waals surface area contributed by atoms with Crippen LogP contribution in [-0.2, 0) is 44.6 Å². The number of hydrogen-bond donors (Lipinski definition) is 0. The SMILES string of the molecule is C=C(C)C(=O)OC(=O)Oc1ccc(C#Cc2cc(OC(=O)OC(=O)C(=C)C)c(C#Cc3ccc(CC(=O)OC(=O)C(C)(C)C)cc3)c(OC(=O)C(=C)C)c2)cc1. The van der Waals surface area contributed by atoms with E-state index in [-0.39, 0.29) is 51.5 Å². The molecule has 13 nitrogen and oxygen atoms in total. The predicted molar refractivity (Wildman–Crippen MR) is 200 cm³/mol. The number of ether oxygens (including phenoxy) is 6. The molecule has 0 atom stereocenters. The van der Waals surface area contributed by atoms with Crippen LogP contribution in [0.1, 0.15) is 69.4 Å². The third-order valence-electron chi connectivity index (χ3n) is 6.72. The summed E-state index contributed by atoms with van der Waals surface area (Å²) >= 11 is 0. The molecule has 3 rings (SSSR count). The zero-order chi connectivity index (χ0) is 41.7. The topological polar surface area (TPSA) is 175 Å². The second-order valence-electron chi connectivity index (χ2n) is 13.0. The van der Waals surface area contributed by atoms with Crippen molar-refractivity contribution in [2.75, 3.05) is 0 Å². The predicted octanol–water partition coefficient (Wildman–Crippen LogP) is 6.86. The second kappa shape index (κ2) is 19.0. The van der Waals surface area contributed by atoms with Gasteiger partial charge in [0, 0.05) is 33.4 Å². The van der Waals surface area contributed by atoms with E-state index in [4.69, 9.17) is 18.9 Å². The maximum atomic E-state index is 12.7. The molecule has 3 aromatic rings. The van der Waals surface area contributed by atoms with Crippen molar-refractivity contribution in [2.45, 2.75) is 48.0 Å². The molecule has 0 bridgehead atoms. The highest BCUT2D eigenvalue weighted by molar-refractivity contribution is 5.95. The molecule has 0 unspecified atom stereocenters. The fourth-order valence-electron chi connectivity index (χ4n) is 3.74. The molecule has 0 radical (unpaired) electrons. The molecule has 0 N–H and O–H groups in total. The van der Waals surface area contributed by atoms with E-state index in [2.05, 4.69) is 52.9 Å². The summed E-state index contributed by atoms with van der Waals surface area (Å²) in [6, 6.07) is 14.8. The van der Waals surface area contributed by atoms with Crippen LogP contribution in [0, 0.1) is 29.1 Å². The van der Waals surface area contributed by atoms with Crippen LogP contribution >= 0.6 is 0 Å². The summed E-state index contributed by atoms with van der Waals surface area (Å²) in [4.78, 5) is 85.2. The number of carbonyl (C=O) groups is 7. The van der Waals surface area contributed by atoms with E-state index >= 15 is 0 Å². The standard InChI is InChI=1S/C43H36O13/c1-25(2)37(45)52-34-22-31(15-12-29-16-19-32(20-17-29)51-41(49)55-38(46)26(3)4)23-35(53-42(50)56-39(47)27(5)6)33(34)21-18-28-10-13-30(14-11-28)24-36(44)54-40(48)43(7,8)9/h10-11,13-14,16-17,19-20,22-23H,1,3,5,24H2,2,4,6-9H3. The Morgan fingerprint density at radius 3 is 1.50 bits per heavy atom. The summed E-state index contributed by atoms with van der Waals surface area (Å²) in [5.74, 6) is 6.73. The average molecular weight is 761 g/mol. The molecule has 13 heteroatoms. The van der Waals surface area contributed by atoms with Gasteiger partial charge < -0.3 is 28.4 Å². The van der Waals surface area contributed by atoms with E-state index in [1.165, 1.54) is 57.2 Å². The van der Waals surface area contributed by atoms with Gasteiger partial charge in [0.25, 0.3) is 0 Å². The minimum absolute atomic E-state index is 0.00982. The zero-order valence-electron chi connectivity index (χ0n) is 31.4. The Bertz CT molecular complexity index is 2260. The van der Waals surface area contributed by atoms with Gasteiger partial charge in [-0.05, 0) is 95.6 Å². The summed E-state index contributed by atoms with van der Waals surface area (Å²) in [6.45, 7) is 19.4. The van der Waals surface area contributed by atoms with Crippen LogP contribution in [0.15, 0.2) is 97.1 Å². The maximum absolute atomic E-state index is 12.7. The van der Waals surface area contributed by atoms with Gasteiger partial charge in [0.05, 0.1) is 11.8 Å². The molecule has 56 heavy (non-hydrogen) atoms. The minimum Gasteiger partial charge on any atom is -0.422 e. The highest BCUT2D eigenvalue weighted by Crippen LogP contribution is 2.31. The van der Waals surface area contributed by atoms with Crippen molar-refractivity contribution in [3.63, 3.8) is 0 Å². The smallest absolute Gasteiger partial charge is 0.422 e. The lowest BCUT2D eigenvalue weighted by Gasteiger charge is -2.15. The molecule has 0 fully saturated rings. The molecule has 0 saturated heterocycles. The van der Waals surface area contributed by atoms with Gasteiger partial charge in [0.15, 0.2) is 11.5 Å². The zero-order valence-corrected chi connectivity index (χ0v) is 31.4. The molecular weight excluding hydrogens is 724 g/mol. The van der Waals surface area contributed by atoms with E-state index in [9.17, 15) is 33.6 Å². The highest BCUT2D eigenvalue weighted by Gasteiger charge is 2.26. The lowest BCUT2D eigenvalue weighted by Crippen LogP contribution is -2.26. The molecule has 286 valence electrons. The van der Waals surface area contributed by atoms with Crippen LogP contribution in [0.4, 0.5) is 9.59 Å². The lowest BCUT2D eigenvalue weighted by molar-refractivity contribution is -0.165. The Balaban J connectivity index is 2.02. The normalized spacial score (nSPS) is 10.1. The van der Waals surface area contributed by atoms with Crippen molar-refractivity contribution >= 4 is 42.2 Å². The Morgan fingerprint density at radius 2 is 1.00 bits per heavy atom. The largest absolute Gasteiger partial charge is 0.522 e. The molecular formula is C43H36O13. The molecule has 0 aliphatic heterocycles. The van der Waals surface area contributed by atoms with Crippen molar-refractivity contribution in [2.24, 2.45) is 5.41 Å². The van der Waals surface area contributed by atoms with Crippen LogP contribution in [-0.4, -0.2) is 42.2 Å². The van der Waals surface area contributed by atoms with Crippen LogP contribution in [0.5, 0.6) is 17.2 Å². The third-order valence-corrected chi connectivity index (χ3v) is 6.72. The van der Waals surface area contributed by atoms with Gasteiger partial charge in [0.2, 0.25) is 0 Å². The third kappa shape index (κ3) is 13.5. The molecule has 0 heterocycles. The van der Waals surface area contributed by atoms with E-state index in [0.717, 1.165) is 0 Å². The Hall–Kier alpha value is -7.51. The first kappa shape index (κ1) is 42.9. The van der Waals surface area contributed by atoms with Gasteiger partial charge in [-0.1, -0.05) is 55.6 Å². The van der Waals surface area contributed by atoms with Crippen molar-refractivity contribution in [1.82, 2.24) is 0 Å². The number of esters is 5. The number of hydrogen-bond acceptors (Lipinski definition) is 13. The molecule has 0 aromatic heterocycles. The van der Waals surface area contributed by atoms with Crippen LogP contribution in [0.3, 0.4) is 0 Å². The van der Waals surface area contributed by atoms with Crippen molar-refractivity contribution in [3.05, 3.63) is 125 Å². The van der Waals surface area contributed by atoms with Crippen LogP contribution in [0.25, 0.3) is 0 Å². The molecule has 0 saturated carbocycles. The Morgan fingerprint density at radius 1 is 0.554 bits per heavy atom. The quantitative estimate of drug-likeness (QED) is 0.0443. The van der Waals surface area contributed by atoms with Gasteiger partial charge in [-0.15, -0.1) is 0 Å². The summed E-state index contributed by atoms with van der Waals surface area (Å²) in [6.07, 6.45) is -2.87. The number of benzene rings is 3. The van der Waals surface area contributed by atoms with Gasteiger partial charge >= 0.3 is 42.2 Å². The molecule has 0 aliphatic carbocycles. The van der Waals surface area contributed by atoms with Gasteiger partial charge in [0.1, 0.15) is 11.3 Å². The molecule has 0 amide bonds. The monoisotopic (exact) mass is 760 g/mol. The lowest BCUT2D eigenvalue weighted by atomic mass is 9.97. The first-order chi connectivity index (χ1) is 26.2. The van der Waals surface area contributed by atoms with Crippen molar-refractivity contribution in [1.29, 1.82) is 0 Å². The summed E-state index contributed by atoms with van der Waals surface area (Å²) in [7, 11) is 0. The molecule has 0 spiro atoms.